The molecule has 7 heteroatoms. The number of nitrogens with zero attached hydrogens (tertiary/aromatic N) is 1. The Balaban J connectivity index is 2.35. The number of β-amino-alcohol motifs (C(OH)–C–C–N with tert-alkyl or cyclic N) is 1. The summed E-state index contributed by atoms with van der Waals surface area (Å²) in [5, 5.41) is 9.41. The van der Waals surface area contributed by atoms with Crippen molar-refractivity contribution >= 4 is 27.2 Å². The third-order valence-corrected chi connectivity index (χ3v) is 4.98. The number of benzene rings is 1. The van der Waals surface area contributed by atoms with Crippen LogP contribution in [0.4, 0.5) is 0 Å². The highest BCUT2D eigenvalue weighted by atomic mass is 32.2. The predicted octanol–water partition coefficient (Wildman–Crippen LogP) is 0.0761. The normalized spacial score (nSPS) is 21.1. The van der Waals surface area contributed by atoms with Gasteiger partial charge in [0.15, 0.2) is 0 Å². The minimum atomic E-state index is -3.57. The molecule has 1 aromatic carbocycles. The van der Waals surface area contributed by atoms with Crippen LogP contribution in [-0.4, -0.2) is 42.0 Å². The summed E-state index contributed by atoms with van der Waals surface area (Å²) in [6.45, 7) is 0.473. The number of hydrogen-bond acceptors (Lipinski definition) is 4. The van der Waals surface area contributed by atoms with E-state index < -0.39 is 16.1 Å². The zero-order chi connectivity index (χ0) is 13.3. The summed E-state index contributed by atoms with van der Waals surface area (Å²) < 4.78 is 25.8. The van der Waals surface area contributed by atoms with Gasteiger partial charge in [-0.25, -0.2) is 8.42 Å². The smallest absolute Gasteiger partial charge is 0.243 e. The van der Waals surface area contributed by atoms with Crippen LogP contribution in [0.3, 0.4) is 0 Å². The van der Waals surface area contributed by atoms with Crippen molar-refractivity contribution in [3.63, 3.8) is 0 Å². The van der Waals surface area contributed by atoms with Crippen LogP contribution in [0.15, 0.2) is 29.2 Å². The lowest BCUT2D eigenvalue weighted by Crippen LogP contribution is -2.29. The van der Waals surface area contributed by atoms with Crippen LogP contribution >= 0.6 is 12.2 Å². The molecule has 5 nitrogen and oxygen atoms in total. The second-order valence-electron chi connectivity index (χ2n) is 4.20. The lowest BCUT2D eigenvalue weighted by atomic mass is 10.2. The number of rotatable bonds is 3. The molecule has 1 heterocycles. The summed E-state index contributed by atoms with van der Waals surface area (Å²) in [4.78, 5) is 0.315. The van der Waals surface area contributed by atoms with Crippen molar-refractivity contribution < 1.29 is 13.5 Å². The van der Waals surface area contributed by atoms with E-state index in [1.807, 2.05) is 0 Å². The molecule has 1 atom stereocenters. The van der Waals surface area contributed by atoms with Gasteiger partial charge in [-0.1, -0.05) is 24.4 Å². The average Bonchev–Trinajstić information content (AvgIpc) is 2.77. The topological polar surface area (TPSA) is 83.6 Å². The van der Waals surface area contributed by atoms with E-state index in [4.69, 9.17) is 18.0 Å². The fraction of sp³-hybridized carbons (Fsp3) is 0.364. The summed E-state index contributed by atoms with van der Waals surface area (Å²) in [5.74, 6) is 0. The Morgan fingerprint density at radius 3 is 2.78 bits per heavy atom. The van der Waals surface area contributed by atoms with Crippen molar-refractivity contribution in [3.8, 4) is 0 Å². The molecule has 0 radical (unpaired) electrons. The van der Waals surface area contributed by atoms with Gasteiger partial charge < -0.3 is 10.8 Å². The molecule has 1 unspecified atom stereocenters. The molecule has 0 amide bonds. The van der Waals surface area contributed by atoms with Crippen molar-refractivity contribution in [3.05, 3.63) is 29.8 Å². The molecule has 0 bridgehead atoms. The van der Waals surface area contributed by atoms with Crippen molar-refractivity contribution in [1.29, 1.82) is 0 Å². The van der Waals surface area contributed by atoms with E-state index in [1.165, 1.54) is 16.4 Å². The fourth-order valence-electron chi connectivity index (χ4n) is 1.89. The molecular weight excluding hydrogens is 272 g/mol. The zero-order valence-electron chi connectivity index (χ0n) is 9.61. The first kappa shape index (κ1) is 13.4. The van der Waals surface area contributed by atoms with E-state index in [1.54, 1.807) is 12.1 Å². The summed E-state index contributed by atoms with van der Waals surface area (Å²) in [6, 6.07) is 6.23. The second kappa shape index (κ2) is 4.93. The summed E-state index contributed by atoms with van der Waals surface area (Å²) >= 11 is 4.83. The van der Waals surface area contributed by atoms with Crippen molar-refractivity contribution in [1.82, 2.24) is 4.31 Å². The average molecular weight is 286 g/mol. The van der Waals surface area contributed by atoms with Crippen LogP contribution < -0.4 is 5.73 Å². The molecule has 1 saturated heterocycles. The molecule has 1 fully saturated rings. The van der Waals surface area contributed by atoms with Gasteiger partial charge in [-0.2, -0.15) is 4.31 Å². The van der Waals surface area contributed by atoms with Gasteiger partial charge in [0.05, 0.1) is 11.0 Å². The highest BCUT2D eigenvalue weighted by molar-refractivity contribution is 7.89. The minimum Gasteiger partial charge on any atom is -0.392 e. The van der Waals surface area contributed by atoms with Gasteiger partial charge in [0, 0.05) is 18.7 Å². The van der Waals surface area contributed by atoms with E-state index in [-0.39, 0.29) is 16.4 Å². The number of aliphatic hydroxyl groups is 1. The molecule has 18 heavy (non-hydrogen) atoms. The maximum atomic E-state index is 12.3. The first-order valence-corrected chi connectivity index (χ1v) is 7.34. The van der Waals surface area contributed by atoms with Crippen molar-refractivity contribution in [2.24, 2.45) is 5.73 Å². The summed E-state index contributed by atoms with van der Waals surface area (Å²) in [5.41, 5.74) is 6.00. The van der Waals surface area contributed by atoms with E-state index >= 15 is 0 Å². The molecule has 0 aliphatic carbocycles. The van der Waals surface area contributed by atoms with E-state index in [9.17, 15) is 13.5 Å². The summed E-state index contributed by atoms with van der Waals surface area (Å²) in [6.07, 6.45) is -0.118. The molecule has 0 aromatic heterocycles. The van der Waals surface area contributed by atoms with Gasteiger partial charge in [-0.3, -0.25) is 0 Å². The number of sulfonamides is 1. The molecule has 1 aliphatic heterocycles. The van der Waals surface area contributed by atoms with Crippen molar-refractivity contribution in [2.75, 3.05) is 13.1 Å². The molecule has 1 aromatic rings. The first-order valence-electron chi connectivity index (χ1n) is 5.49. The molecule has 2 rings (SSSR count). The van der Waals surface area contributed by atoms with Crippen LogP contribution in [0, 0.1) is 0 Å². The Hall–Kier alpha value is -1.02. The number of nitrogens with two attached hydrogens (primary N) is 1. The Morgan fingerprint density at radius 1 is 1.50 bits per heavy atom. The SMILES string of the molecule is NC(=S)c1cccc(S(=O)(=O)N2CCC(O)C2)c1. The van der Waals surface area contributed by atoms with E-state index in [0.29, 0.717) is 18.5 Å². The van der Waals surface area contributed by atoms with Crippen LogP contribution in [0.5, 0.6) is 0 Å². The monoisotopic (exact) mass is 286 g/mol. The van der Waals surface area contributed by atoms with Gasteiger partial charge in [0.1, 0.15) is 4.99 Å². The molecular formula is C11H14N2O3S2. The predicted molar refractivity (Wildman–Crippen MR) is 71.7 cm³/mol. The summed E-state index contributed by atoms with van der Waals surface area (Å²) in [7, 11) is -3.57. The van der Waals surface area contributed by atoms with Crippen molar-refractivity contribution in [2.45, 2.75) is 17.4 Å². The van der Waals surface area contributed by atoms with Crippen LogP contribution in [0.1, 0.15) is 12.0 Å². The van der Waals surface area contributed by atoms with Gasteiger partial charge in [0.2, 0.25) is 10.0 Å². The molecule has 98 valence electrons. The lowest BCUT2D eigenvalue weighted by Gasteiger charge is -2.16. The molecule has 0 spiro atoms. The molecule has 0 saturated carbocycles. The number of hydrogen-bond donors (Lipinski definition) is 2. The lowest BCUT2D eigenvalue weighted by molar-refractivity contribution is 0.189. The maximum absolute atomic E-state index is 12.3. The minimum absolute atomic E-state index is 0.139. The van der Waals surface area contributed by atoms with E-state index in [2.05, 4.69) is 0 Å². The quantitative estimate of drug-likeness (QED) is 0.769. The Labute approximate surface area is 111 Å². The van der Waals surface area contributed by atoms with Crippen LogP contribution in [0.2, 0.25) is 0 Å². The maximum Gasteiger partial charge on any atom is 0.243 e. The molecule has 3 N–H and O–H groups in total. The second-order valence-corrected chi connectivity index (χ2v) is 6.58. The Morgan fingerprint density at radius 2 is 2.22 bits per heavy atom. The Bertz CT molecular complexity index is 571. The molecule has 1 aliphatic rings. The van der Waals surface area contributed by atoms with Gasteiger partial charge >= 0.3 is 0 Å². The fourth-order valence-corrected chi connectivity index (χ4v) is 3.55. The third kappa shape index (κ3) is 2.54. The number of thiocarbonyl (C=S) groups is 1. The van der Waals surface area contributed by atoms with E-state index in [0.717, 1.165) is 0 Å². The zero-order valence-corrected chi connectivity index (χ0v) is 11.2. The third-order valence-electron chi connectivity index (χ3n) is 2.88. The Kier molecular flexibility index (Phi) is 3.67. The standard InChI is InChI=1S/C11H14N2O3S2/c12-11(17)8-2-1-3-10(6-8)18(15,16)13-5-4-9(14)7-13/h1-3,6,9,14H,4-5,7H2,(H2,12,17). The van der Waals surface area contributed by atoms with Gasteiger partial charge in [-0.05, 0) is 18.6 Å². The van der Waals surface area contributed by atoms with Gasteiger partial charge in [-0.15, -0.1) is 0 Å². The van der Waals surface area contributed by atoms with Gasteiger partial charge in [0.25, 0.3) is 0 Å². The highest BCUT2D eigenvalue weighted by Gasteiger charge is 2.31. The number of aliphatic hydroxyl groups excluding tert-OH is 1. The first-order chi connectivity index (χ1) is 8.41. The van der Waals surface area contributed by atoms with Crippen LogP contribution in [-0.2, 0) is 10.0 Å². The van der Waals surface area contributed by atoms with Crippen LogP contribution in [0.25, 0.3) is 0 Å². The largest absolute Gasteiger partial charge is 0.392 e. The highest BCUT2D eigenvalue weighted by Crippen LogP contribution is 2.21.